The van der Waals surface area contributed by atoms with Crippen LogP contribution >= 0.6 is 0 Å². The molecule has 3 nitrogen and oxygen atoms in total. The van der Waals surface area contributed by atoms with Gasteiger partial charge in [0.15, 0.2) is 0 Å². The molecule has 0 aliphatic heterocycles. The van der Waals surface area contributed by atoms with Crippen molar-refractivity contribution in [3.8, 4) is 0 Å². The van der Waals surface area contributed by atoms with Gasteiger partial charge in [0.25, 0.3) is 0 Å². The Morgan fingerprint density at radius 3 is 1.57 bits per heavy atom. The van der Waals surface area contributed by atoms with Gasteiger partial charge in [0.05, 0.1) is 6.04 Å². The van der Waals surface area contributed by atoms with Gasteiger partial charge in [0, 0.05) is 11.1 Å². The fourth-order valence-electron chi connectivity index (χ4n) is 3.90. The van der Waals surface area contributed by atoms with Crippen molar-refractivity contribution in [2.24, 2.45) is 0 Å². The number of rotatable bonds is 21. The van der Waals surface area contributed by atoms with Gasteiger partial charge in [0.1, 0.15) is 5.94 Å². The number of carbonyl (C=O) groups excluding carboxylic acids is 2. The number of carbonyl (C=O) groups is 1. The van der Waals surface area contributed by atoms with Crippen molar-refractivity contribution in [3.63, 3.8) is 0 Å². The lowest BCUT2D eigenvalue weighted by molar-refractivity contribution is -0.117. The Bertz CT molecular complexity index is 491. The number of nitrogens with one attached hydrogen (secondary N) is 1. The number of amides is 1. The molecule has 0 aliphatic rings. The van der Waals surface area contributed by atoms with Crippen LogP contribution in [0, 0.1) is 0 Å². The second kappa shape index (κ2) is 20.9. The minimum Gasteiger partial charge on any atom is -0.345 e. The zero-order chi connectivity index (χ0) is 22.5. The Kier molecular flexibility index (Phi) is 20.0. The first-order chi connectivity index (χ1) is 14.6. The summed E-state index contributed by atoms with van der Waals surface area (Å²) in [6.45, 7) is 9.71. The van der Waals surface area contributed by atoms with Crippen LogP contribution in [-0.4, -0.2) is 17.9 Å². The van der Waals surface area contributed by atoms with Crippen molar-refractivity contribution >= 4 is 11.8 Å². The molecule has 0 aliphatic carbocycles. The first kappa shape index (κ1) is 28.7. The monoisotopic (exact) mass is 419 g/mol. The van der Waals surface area contributed by atoms with E-state index >= 15 is 0 Å². The average Bonchev–Trinajstić information content (AvgIpc) is 2.73. The maximum absolute atomic E-state index is 12.0. The van der Waals surface area contributed by atoms with Gasteiger partial charge in [-0.1, -0.05) is 123 Å². The predicted molar refractivity (Wildman–Crippen MR) is 130 cm³/mol. The molecule has 0 fully saturated rings. The molecule has 1 N–H and O–H groups in total. The normalized spacial score (nSPS) is 11.7. The van der Waals surface area contributed by atoms with E-state index in [9.17, 15) is 9.59 Å². The lowest BCUT2D eigenvalue weighted by Crippen LogP contribution is -2.36. The van der Waals surface area contributed by atoms with Crippen LogP contribution in [0.25, 0.3) is 0 Å². The van der Waals surface area contributed by atoms with E-state index in [4.69, 9.17) is 0 Å². The van der Waals surface area contributed by atoms with Gasteiger partial charge in [-0.05, 0) is 19.8 Å². The highest BCUT2D eigenvalue weighted by Crippen LogP contribution is 2.17. The van der Waals surface area contributed by atoms with Crippen molar-refractivity contribution in [1.82, 2.24) is 5.32 Å². The van der Waals surface area contributed by atoms with E-state index in [1.807, 2.05) is 6.92 Å². The van der Waals surface area contributed by atoms with Crippen LogP contribution in [0.4, 0.5) is 0 Å². The molecule has 1 atom stereocenters. The standard InChI is InChI=1S/C27H49NO2/c1-5-7-8-9-10-11-12-13-14-15-16-17-18-19-20-22-26(25(23-29)21-6-2)28-27(30)24(3)4/h26H,3,5-22H2,1-2,4H3,(H,28,30). The first-order valence-corrected chi connectivity index (χ1v) is 12.8. The van der Waals surface area contributed by atoms with Gasteiger partial charge < -0.3 is 5.32 Å². The molecule has 3 heteroatoms. The molecule has 0 bridgehead atoms. The van der Waals surface area contributed by atoms with E-state index in [1.165, 1.54) is 83.5 Å². The van der Waals surface area contributed by atoms with Gasteiger partial charge >= 0.3 is 0 Å². The minimum atomic E-state index is -0.186. The third-order valence-corrected chi connectivity index (χ3v) is 5.86. The molecule has 0 saturated heterocycles. The zero-order valence-corrected chi connectivity index (χ0v) is 20.3. The molecular weight excluding hydrogens is 370 g/mol. The summed E-state index contributed by atoms with van der Waals surface area (Å²) >= 11 is 0. The number of unbranched alkanes of at least 4 members (excludes halogenated alkanes) is 14. The summed E-state index contributed by atoms with van der Waals surface area (Å²) in [5.74, 6) is 1.91. The van der Waals surface area contributed by atoms with Gasteiger partial charge in [-0.3, -0.25) is 4.79 Å². The molecule has 0 saturated carbocycles. The van der Waals surface area contributed by atoms with Gasteiger partial charge in [-0.15, -0.1) is 0 Å². The molecule has 1 unspecified atom stereocenters. The molecule has 0 rings (SSSR count). The Labute approximate surface area is 187 Å². The number of hydrogen-bond donors (Lipinski definition) is 1. The highest BCUT2D eigenvalue weighted by Gasteiger charge is 2.17. The van der Waals surface area contributed by atoms with Crippen LogP contribution in [0.2, 0.25) is 0 Å². The molecule has 30 heavy (non-hydrogen) atoms. The summed E-state index contributed by atoms with van der Waals surface area (Å²) in [4.78, 5) is 23.3. The van der Waals surface area contributed by atoms with Crippen LogP contribution in [0.5, 0.6) is 0 Å². The van der Waals surface area contributed by atoms with E-state index in [-0.39, 0.29) is 11.9 Å². The van der Waals surface area contributed by atoms with E-state index < -0.39 is 0 Å². The topological polar surface area (TPSA) is 46.2 Å². The quantitative estimate of drug-likeness (QED) is 0.117. The molecule has 0 heterocycles. The second-order valence-corrected chi connectivity index (χ2v) is 8.92. The summed E-state index contributed by atoms with van der Waals surface area (Å²) < 4.78 is 0. The second-order valence-electron chi connectivity index (χ2n) is 8.92. The highest BCUT2D eigenvalue weighted by molar-refractivity contribution is 5.92. The summed E-state index contributed by atoms with van der Waals surface area (Å²) in [5, 5.41) is 2.96. The molecule has 0 spiro atoms. The maximum atomic E-state index is 12.0. The third kappa shape index (κ3) is 16.5. The molecule has 0 radical (unpaired) electrons. The van der Waals surface area contributed by atoms with Crippen molar-refractivity contribution in [2.45, 2.75) is 142 Å². The first-order valence-electron chi connectivity index (χ1n) is 12.8. The Morgan fingerprint density at radius 2 is 1.20 bits per heavy atom. The molecule has 0 aromatic rings. The lowest BCUT2D eigenvalue weighted by atomic mass is 9.97. The van der Waals surface area contributed by atoms with Gasteiger partial charge in [-0.25, -0.2) is 4.79 Å². The number of hydrogen-bond acceptors (Lipinski definition) is 2. The van der Waals surface area contributed by atoms with Crippen LogP contribution in [-0.2, 0) is 9.59 Å². The van der Waals surface area contributed by atoms with Gasteiger partial charge in [-0.2, -0.15) is 0 Å². The maximum Gasteiger partial charge on any atom is 0.246 e. The largest absolute Gasteiger partial charge is 0.345 e. The molecule has 0 aromatic carbocycles. The highest BCUT2D eigenvalue weighted by atomic mass is 16.1. The Morgan fingerprint density at radius 1 is 0.767 bits per heavy atom. The fourth-order valence-corrected chi connectivity index (χ4v) is 3.90. The summed E-state index contributed by atoms with van der Waals surface area (Å²) in [6.07, 6.45) is 22.5. The van der Waals surface area contributed by atoms with Crippen molar-refractivity contribution in [2.75, 3.05) is 0 Å². The molecule has 0 aromatic heterocycles. The lowest BCUT2D eigenvalue weighted by Gasteiger charge is -2.19. The van der Waals surface area contributed by atoms with E-state index in [1.54, 1.807) is 6.92 Å². The van der Waals surface area contributed by atoms with Crippen LogP contribution < -0.4 is 5.32 Å². The van der Waals surface area contributed by atoms with E-state index in [2.05, 4.69) is 24.8 Å². The zero-order valence-electron chi connectivity index (χ0n) is 20.3. The Hall–Kier alpha value is -1.34. The summed E-state index contributed by atoms with van der Waals surface area (Å²) in [6, 6.07) is -0.186. The van der Waals surface area contributed by atoms with Crippen LogP contribution in [0.1, 0.15) is 136 Å². The van der Waals surface area contributed by atoms with Crippen molar-refractivity contribution < 1.29 is 9.59 Å². The molecule has 174 valence electrons. The van der Waals surface area contributed by atoms with E-state index in [0.717, 1.165) is 25.7 Å². The SMILES string of the molecule is C=C(C)C(=O)NC(CCCCCCCCCCCCCCCCC)C(=C=O)CCC. The summed E-state index contributed by atoms with van der Waals surface area (Å²) in [7, 11) is 0. The van der Waals surface area contributed by atoms with Crippen molar-refractivity contribution in [3.05, 3.63) is 17.7 Å². The van der Waals surface area contributed by atoms with Crippen LogP contribution in [0.3, 0.4) is 0 Å². The van der Waals surface area contributed by atoms with E-state index in [0.29, 0.717) is 17.6 Å². The third-order valence-electron chi connectivity index (χ3n) is 5.86. The van der Waals surface area contributed by atoms with Crippen LogP contribution in [0.15, 0.2) is 17.7 Å². The minimum absolute atomic E-state index is 0.162. The van der Waals surface area contributed by atoms with Crippen molar-refractivity contribution in [1.29, 1.82) is 0 Å². The smallest absolute Gasteiger partial charge is 0.246 e. The Balaban J connectivity index is 3.78. The predicted octanol–water partition coefficient (Wildman–Crippen LogP) is 7.87. The fraction of sp³-hybridized carbons (Fsp3) is 0.815. The van der Waals surface area contributed by atoms with Gasteiger partial charge in [0.2, 0.25) is 5.91 Å². The molecule has 1 amide bonds. The molecular formula is C27H49NO2. The summed E-state index contributed by atoms with van der Waals surface area (Å²) in [5.41, 5.74) is 1.18. The average molecular weight is 420 g/mol.